The predicted octanol–water partition coefficient (Wildman–Crippen LogP) is 1.63. The van der Waals surface area contributed by atoms with Crippen LogP contribution in [0.5, 0.6) is 11.5 Å². The van der Waals surface area contributed by atoms with Crippen molar-refractivity contribution in [1.82, 2.24) is 5.32 Å². The number of quaternary nitrogens is 1. The first-order valence-electron chi connectivity index (χ1n) is 9.96. The molecule has 0 saturated carbocycles. The van der Waals surface area contributed by atoms with Crippen molar-refractivity contribution >= 4 is 12.0 Å². The molecule has 0 aliphatic carbocycles. The van der Waals surface area contributed by atoms with Crippen molar-refractivity contribution in [2.75, 3.05) is 47.1 Å². The van der Waals surface area contributed by atoms with Crippen LogP contribution in [0, 0.1) is 5.82 Å². The molecule has 30 heavy (non-hydrogen) atoms. The van der Waals surface area contributed by atoms with Gasteiger partial charge in [-0.1, -0.05) is 18.2 Å². The summed E-state index contributed by atoms with van der Waals surface area (Å²) in [6.45, 7) is 3.51. The largest absolute Gasteiger partial charge is 0.493 e. The summed E-state index contributed by atoms with van der Waals surface area (Å²) in [5.41, 5.74) is 1.83. The Morgan fingerprint density at radius 1 is 1.13 bits per heavy atom. The van der Waals surface area contributed by atoms with Gasteiger partial charge in [-0.05, 0) is 35.9 Å². The van der Waals surface area contributed by atoms with Crippen LogP contribution in [0.1, 0.15) is 17.2 Å². The summed E-state index contributed by atoms with van der Waals surface area (Å²) in [5, 5.41) is 2.98. The maximum atomic E-state index is 13.3. The Morgan fingerprint density at radius 2 is 1.83 bits per heavy atom. The first-order chi connectivity index (χ1) is 14.6. The fourth-order valence-electron chi connectivity index (χ4n) is 3.57. The number of morpholine rings is 1. The van der Waals surface area contributed by atoms with Crippen LogP contribution in [0.25, 0.3) is 6.08 Å². The first-order valence-corrected chi connectivity index (χ1v) is 9.96. The molecule has 0 bridgehead atoms. The fourth-order valence-corrected chi connectivity index (χ4v) is 3.57. The van der Waals surface area contributed by atoms with Gasteiger partial charge in [0.25, 0.3) is 0 Å². The van der Waals surface area contributed by atoms with Gasteiger partial charge in [-0.25, -0.2) is 4.39 Å². The molecule has 0 spiro atoms. The summed E-state index contributed by atoms with van der Waals surface area (Å²) in [5.74, 6) is 0.781. The number of hydrogen-bond donors (Lipinski definition) is 2. The molecule has 1 fully saturated rings. The van der Waals surface area contributed by atoms with Gasteiger partial charge in [0.2, 0.25) is 5.91 Å². The minimum absolute atomic E-state index is 0.0351. The zero-order valence-corrected chi connectivity index (χ0v) is 17.3. The maximum Gasteiger partial charge on any atom is 0.244 e. The second kappa shape index (κ2) is 10.8. The van der Waals surface area contributed by atoms with Crippen molar-refractivity contribution < 1.29 is 28.3 Å². The number of rotatable bonds is 8. The van der Waals surface area contributed by atoms with Gasteiger partial charge >= 0.3 is 0 Å². The summed E-state index contributed by atoms with van der Waals surface area (Å²) in [6.07, 6.45) is 3.23. The number of methoxy groups -OCH3 is 2. The molecule has 0 aromatic heterocycles. The van der Waals surface area contributed by atoms with E-state index in [1.54, 1.807) is 38.5 Å². The number of carbonyl (C=O) groups excluding carboxylic acids is 1. The number of benzene rings is 2. The lowest BCUT2D eigenvalue weighted by Crippen LogP contribution is -3.15. The molecular weight excluding hydrogens is 387 g/mol. The number of halogens is 1. The number of ether oxygens (including phenoxy) is 3. The SMILES string of the molecule is COc1ccc(/C=C/C(=O)NC[C@H](c2ccc(F)cc2)[NH+]2CCOCC2)cc1OC. The lowest BCUT2D eigenvalue weighted by Gasteiger charge is -2.31. The van der Waals surface area contributed by atoms with Crippen molar-refractivity contribution in [3.05, 3.63) is 65.5 Å². The molecule has 2 aromatic carbocycles. The van der Waals surface area contributed by atoms with Crippen molar-refractivity contribution in [2.45, 2.75) is 6.04 Å². The smallest absolute Gasteiger partial charge is 0.244 e. The number of amides is 1. The standard InChI is InChI=1S/C23H27FN2O4/c1-28-21-9-3-17(15-22(21)29-2)4-10-23(27)25-16-20(26-11-13-30-14-12-26)18-5-7-19(24)8-6-18/h3-10,15,20H,11-14,16H2,1-2H3,(H,25,27)/p+1/b10-4+/t20-/m1/s1. The van der Waals surface area contributed by atoms with Crippen LogP contribution >= 0.6 is 0 Å². The molecule has 1 aliphatic heterocycles. The lowest BCUT2D eigenvalue weighted by molar-refractivity contribution is -0.937. The molecule has 1 amide bonds. The molecule has 7 heteroatoms. The molecule has 1 atom stereocenters. The van der Waals surface area contributed by atoms with E-state index in [0.29, 0.717) is 31.3 Å². The Kier molecular flexibility index (Phi) is 7.82. The van der Waals surface area contributed by atoms with Crippen LogP contribution in [0.15, 0.2) is 48.5 Å². The summed E-state index contributed by atoms with van der Waals surface area (Å²) >= 11 is 0. The third-order valence-corrected chi connectivity index (χ3v) is 5.22. The predicted molar refractivity (Wildman–Crippen MR) is 112 cm³/mol. The summed E-state index contributed by atoms with van der Waals surface area (Å²) in [4.78, 5) is 13.7. The Balaban J connectivity index is 1.65. The van der Waals surface area contributed by atoms with Gasteiger partial charge in [-0.15, -0.1) is 0 Å². The fraction of sp³-hybridized carbons (Fsp3) is 0.348. The molecule has 1 aliphatic rings. The van der Waals surface area contributed by atoms with E-state index >= 15 is 0 Å². The average molecular weight is 415 g/mol. The highest BCUT2D eigenvalue weighted by molar-refractivity contribution is 5.91. The third kappa shape index (κ3) is 5.81. The van der Waals surface area contributed by atoms with Crippen LogP contribution in [0.2, 0.25) is 0 Å². The third-order valence-electron chi connectivity index (χ3n) is 5.22. The average Bonchev–Trinajstić information content (AvgIpc) is 2.79. The second-order valence-corrected chi connectivity index (χ2v) is 7.07. The van der Waals surface area contributed by atoms with E-state index in [2.05, 4.69) is 5.32 Å². The molecule has 160 valence electrons. The van der Waals surface area contributed by atoms with Gasteiger partial charge in [0.15, 0.2) is 11.5 Å². The summed E-state index contributed by atoms with van der Waals surface area (Å²) < 4.78 is 29.3. The highest BCUT2D eigenvalue weighted by Crippen LogP contribution is 2.27. The second-order valence-electron chi connectivity index (χ2n) is 7.07. The highest BCUT2D eigenvalue weighted by atomic mass is 19.1. The van der Waals surface area contributed by atoms with Crippen LogP contribution < -0.4 is 19.7 Å². The lowest BCUT2D eigenvalue weighted by atomic mass is 10.0. The Morgan fingerprint density at radius 3 is 2.50 bits per heavy atom. The van der Waals surface area contributed by atoms with Gasteiger partial charge in [0.1, 0.15) is 24.9 Å². The van der Waals surface area contributed by atoms with Crippen LogP contribution in [0.4, 0.5) is 4.39 Å². The molecule has 3 rings (SSSR count). The van der Waals surface area contributed by atoms with Gasteiger partial charge in [-0.2, -0.15) is 0 Å². The van der Waals surface area contributed by atoms with Crippen LogP contribution in [-0.4, -0.2) is 53.0 Å². The molecule has 0 radical (unpaired) electrons. The van der Waals surface area contributed by atoms with Crippen LogP contribution in [-0.2, 0) is 9.53 Å². The van der Waals surface area contributed by atoms with E-state index in [4.69, 9.17) is 14.2 Å². The Labute approximate surface area is 176 Å². The molecule has 2 N–H and O–H groups in total. The monoisotopic (exact) mass is 415 g/mol. The van der Waals surface area contributed by atoms with Crippen molar-refractivity contribution in [3.63, 3.8) is 0 Å². The normalized spacial score (nSPS) is 15.7. The van der Waals surface area contributed by atoms with E-state index in [9.17, 15) is 9.18 Å². The molecule has 0 unspecified atom stereocenters. The zero-order valence-electron chi connectivity index (χ0n) is 17.3. The first kappa shape index (κ1) is 21.8. The Bertz CT molecular complexity index is 864. The van der Waals surface area contributed by atoms with Gasteiger partial charge in [-0.3, -0.25) is 4.79 Å². The number of hydrogen-bond acceptors (Lipinski definition) is 4. The summed E-state index contributed by atoms with van der Waals surface area (Å²) in [7, 11) is 3.15. The van der Waals surface area contributed by atoms with Gasteiger partial charge in [0.05, 0.1) is 34.0 Å². The van der Waals surface area contributed by atoms with Crippen molar-refractivity contribution in [2.24, 2.45) is 0 Å². The molecule has 2 aromatic rings. The molecule has 6 nitrogen and oxygen atoms in total. The van der Waals surface area contributed by atoms with Crippen molar-refractivity contribution in [3.8, 4) is 11.5 Å². The van der Waals surface area contributed by atoms with Gasteiger partial charge < -0.3 is 24.4 Å². The minimum atomic E-state index is -0.267. The van der Waals surface area contributed by atoms with E-state index in [1.807, 2.05) is 12.1 Å². The highest BCUT2D eigenvalue weighted by Gasteiger charge is 2.26. The van der Waals surface area contributed by atoms with E-state index in [-0.39, 0.29) is 17.8 Å². The van der Waals surface area contributed by atoms with Crippen LogP contribution in [0.3, 0.4) is 0 Å². The van der Waals surface area contributed by atoms with E-state index < -0.39 is 0 Å². The number of nitrogens with one attached hydrogen (secondary N) is 2. The van der Waals surface area contributed by atoms with Crippen molar-refractivity contribution in [1.29, 1.82) is 0 Å². The van der Waals surface area contributed by atoms with Gasteiger partial charge in [0, 0.05) is 11.6 Å². The van der Waals surface area contributed by atoms with E-state index in [1.165, 1.54) is 23.1 Å². The minimum Gasteiger partial charge on any atom is -0.493 e. The zero-order chi connectivity index (χ0) is 21.3. The molecule has 1 saturated heterocycles. The number of carbonyl (C=O) groups is 1. The Hall–Kier alpha value is -2.90. The molecular formula is C23H28FN2O4+. The topological polar surface area (TPSA) is 61.2 Å². The quantitative estimate of drug-likeness (QED) is 0.644. The van der Waals surface area contributed by atoms with E-state index in [0.717, 1.165) is 24.2 Å². The maximum absolute atomic E-state index is 13.3. The summed E-state index contributed by atoms with van der Waals surface area (Å²) in [6, 6.07) is 12.0. The molecule has 1 heterocycles.